The first-order valence-electron chi connectivity index (χ1n) is 2.41. The molecule has 0 bridgehead atoms. The van der Waals surface area contributed by atoms with E-state index in [4.69, 9.17) is 5.11 Å². The average Bonchev–Trinajstić information content (AvgIpc) is 2.19. The molecule has 9 heavy (non-hydrogen) atoms. The Morgan fingerprint density at radius 2 is 2.44 bits per heavy atom. The van der Waals surface area contributed by atoms with E-state index in [0.29, 0.717) is 6.42 Å². The van der Waals surface area contributed by atoms with Crippen molar-refractivity contribution >= 4 is 23.7 Å². The average molecular weight is 166 g/mol. The quantitative estimate of drug-likeness (QED) is 0.712. The van der Waals surface area contributed by atoms with E-state index >= 15 is 0 Å². The molecule has 1 aromatic heterocycles. The van der Waals surface area contributed by atoms with Crippen LogP contribution in [0, 0.1) is 0 Å². The SMILES string of the molecule is Cl.OCCc1cscn1. The predicted molar refractivity (Wildman–Crippen MR) is 40.2 cm³/mol. The van der Waals surface area contributed by atoms with Crippen LogP contribution in [0.5, 0.6) is 0 Å². The normalized spacial score (nSPS) is 8.56. The van der Waals surface area contributed by atoms with Crippen LogP contribution in [0.3, 0.4) is 0 Å². The van der Waals surface area contributed by atoms with E-state index in [2.05, 4.69) is 4.98 Å². The Balaban J connectivity index is 0.000000640. The minimum Gasteiger partial charge on any atom is -0.396 e. The smallest absolute Gasteiger partial charge is 0.0794 e. The molecule has 2 nitrogen and oxygen atoms in total. The summed E-state index contributed by atoms with van der Waals surface area (Å²) in [4.78, 5) is 3.96. The Morgan fingerprint density at radius 3 is 2.89 bits per heavy atom. The van der Waals surface area contributed by atoms with E-state index in [1.54, 1.807) is 16.8 Å². The first-order chi connectivity index (χ1) is 3.93. The first-order valence-corrected chi connectivity index (χ1v) is 3.35. The molecule has 0 radical (unpaired) electrons. The zero-order valence-corrected chi connectivity index (χ0v) is 6.41. The molecule has 0 fully saturated rings. The molecule has 0 aliphatic heterocycles. The van der Waals surface area contributed by atoms with E-state index in [1.165, 1.54) is 0 Å². The monoisotopic (exact) mass is 165 g/mol. The van der Waals surface area contributed by atoms with Crippen LogP contribution in [0.15, 0.2) is 10.9 Å². The van der Waals surface area contributed by atoms with Gasteiger partial charge in [0.1, 0.15) is 0 Å². The van der Waals surface area contributed by atoms with Crippen LogP contribution in [0.1, 0.15) is 5.69 Å². The van der Waals surface area contributed by atoms with Crippen LogP contribution in [0.25, 0.3) is 0 Å². The number of thiazole rings is 1. The van der Waals surface area contributed by atoms with Crippen LogP contribution in [0.2, 0.25) is 0 Å². The molecule has 0 saturated carbocycles. The molecule has 0 aromatic carbocycles. The molecular weight excluding hydrogens is 158 g/mol. The van der Waals surface area contributed by atoms with E-state index in [-0.39, 0.29) is 19.0 Å². The Hall–Kier alpha value is -0.120. The van der Waals surface area contributed by atoms with Gasteiger partial charge in [-0.15, -0.1) is 23.7 Å². The third-order valence-electron chi connectivity index (χ3n) is 0.851. The summed E-state index contributed by atoms with van der Waals surface area (Å²) in [6, 6.07) is 0. The van der Waals surface area contributed by atoms with Crippen molar-refractivity contribution in [3.8, 4) is 0 Å². The summed E-state index contributed by atoms with van der Waals surface area (Å²) in [7, 11) is 0. The second-order valence-electron chi connectivity index (χ2n) is 1.45. The number of aliphatic hydroxyl groups is 1. The molecule has 0 aliphatic rings. The van der Waals surface area contributed by atoms with Gasteiger partial charge in [0.15, 0.2) is 0 Å². The number of halogens is 1. The Kier molecular flexibility index (Phi) is 4.67. The predicted octanol–water partition coefficient (Wildman–Crippen LogP) is 1.10. The molecule has 1 heterocycles. The van der Waals surface area contributed by atoms with Gasteiger partial charge in [0.25, 0.3) is 0 Å². The fourth-order valence-corrected chi connectivity index (χ4v) is 1.07. The maximum absolute atomic E-state index is 8.40. The molecule has 1 rings (SSSR count). The standard InChI is InChI=1S/C5H7NOS.ClH/c7-2-1-5-3-8-4-6-5;/h3-4,7H,1-2H2;1H. The highest BCUT2D eigenvalue weighted by Crippen LogP contribution is 1.99. The van der Waals surface area contributed by atoms with Crippen LogP contribution in [-0.4, -0.2) is 16.7 Å². The number of hydrogen-bond acceptors (Lipinski definition) is 3. The summed E-state index contributed by atoms with van der Waals surface area (Å²) < 4.78 is 0. The van der Waals surface area contributed by atoms with E-state index < -0.39 is 0 Å². The van der Waals surface area contributed by atoms with E-state index in [0.717, 1.165) is 5.69 Å². The lowest BCUT2D eigenvalue weighted by Crippen LogP contribution is -1.88. The van der Waals surface area contributed by atoms with Gasteiger partial charge in [-0.05, 0) is 0 Å². The van der Waals surface area contributed by atoms with Crippen LogP contribution in [-0.2, 0) is 6.42 Å². The van der Waals surface area contributed by atoms with Gasteiger partial charge in [0, 0.05) is 18.4 Å². The fraction of sp³-hybridized carbons (Fsp3) is 0.400. The van der Waals surface area contributed by atoms with Crippen molar-refractivity contribution in [3.05, 3.63) is 16.6 Å². The summed E-state index contributed by atoms with van der Waals surface area (Å²) in [5.74, 6) is 0. The van der Waals surface area contributed by atoms with Gasteiger partial charge in [0.2, 0.25) is 0 Å². The minimum atomic E-state index is 0. The van der Waals surface area contributed by atoms with Gasteiger partial charge in [-0.25, -0.2) is 4.98 Å². The third kappa shape index (κ3) is 2.79. The van der Waals surface area contributed by atoms with E-state index in [1.807, 2.05) is 5.38 Å². The molecular formula is C5H8ClNOS. The van der Waals surface area contributed by atoms with Gasteiger partial charge in [-0.3, -0.25) is 0 Å². The molecule has 1 aromatic rings. The molecule has 0 aliphatic carbocycles. The zero-order valence-electron chi connectivity index (χ0n) is 4.78. The van der Waals surface area contributed by atoms with Crippen molar-refractivity contribution in [3.63, 3.8) is 0 Å². The summed E-state index contributed by atoms with van der Waals surface area (Å²) in [5.41, 5.74) is 2.75. The highest BCUT2D eigenvalue weighted by atomic mass is 35.5. The lowest BCUT2D eigenvalue weighted by molar-refractivity contribution is 0.298. The lowest BCUT2D eigenvalue weighted by Gasteiger charge is -1.84. The molecule has 1 N–H and O–H groups in total. The maximum Gasteiger partial charge on any atom is 0.0794 e. The van der Waals surface area contributed by atoms with Crippen molar-refractivity contribution < 1.29 is 5.11 Å². The fourth-order valence-electron chi connectivity index (χ4n) is 0.476. The van der Waals surface area contributed by atoms with Crippen molar-refractivity contribution in [1.29, 1.82) is 0 Å². The third-order valence-corrected chi connectivity index (χ3v) is 1.49. The van der Waals surface area contributed by atoms with Gasteiger partial charge >= 0.3 is 0 Å². The lowest BCUT2D eigenvalue weighted by atomic mass is 10.4. The van der Waals surface area contributed by atoms with Gasteiger partial charge in [0.05, 0.1) is 11.2 Å². The second kappa shape index (κ2) is 4.73. The molecule has 0 atom stereocenters. The minimum absolute atomic E-state index is 0. The summed E-state index contributed by atoms with van der Waals surface area (Å²) in [6.07, 6.45) is 0.684. The molecule has 0 saturated heterocycles. The summed E-state index contributed by atoms with van der Waals surface area (Å²) in [6.45, 7) is 0.198. The second-order valence-corrected chi connectivity index (χ2v) is 2.17. The number of aromatic nitrogens is 1. The van der Waals surface area contributed by atoms with Crippen molar-refractivity contribution in [2.24, 2.45) is 0 Å². The number of nitrogens with zero attached hydrogens (tertiary/aromatic N) is 1. The Morgan fingerprint density at radius 1 is 1.67 bits per heavy atom. The molecule has 4 heteroatoms. The maximum atomic E-state index is 8.40. The summed E-state index contributed by atoms with van der Waals surface area (Å²) >= 11 is 1.56. The topological polar surface area (TPSA) is 33.1 Å². The van der Waals surface area contributed by atoms with Crippen LogP contribution >= 0.6 is 23.7 Å². The molecule has 0 unspecified atom stereocenters. The van der Waals surface area contributed by atoms with Gasteiger partial charge in [-0.1, -0.05) is 0 Å². The highest BCUT2D eigenvalue weighted by molar-refractivity contribution is 7.07. The molecule has 52 valence electrons. The van der Waals surface area contributed by atoms with Crippen LogP contribution in [0.4, 0.5) is 0 Å². The van der Waals surface area contributed by atoms with Crippen LogP contribution < -0.4 is 0 Å². The van der Waals surface area contributed by atoms with Gasteiger partial charge in [-0.2, -0.15) is 0 Å². The molecule has 0 spiro atoms. The zero-order chi connectivity index (χ0) is 5.82. The number of aliphatic hydroxyl groups excluding tert-OH is 1. The van der Waals surface area contributed by atoms with E-state index in [9.17, 15) is 0 Å². The number of rotatable bonds is 2. The number of hydrogen-bond donors (Lipinski definition) is 1. The summed E-state index contributed by atoms with van der Waals surface area (Å²) in [5, 5.41) is 10.3. The Labute approximate surface area is 64.0 Å². The highest BCUT2D eigenvalue weighted by Gasteiger charge is 1.89. The van der Waals surface area contributed by atoms with Gasteiger partial charge < -0.3 is 5.11 Å². The Bertz CT molecular complexity index is 143. The molecule has 0 amide bonds. The first kappa shape index (κ1) is 8.88. The van der Waals surface area contributed by atoms with Crippen molar-refractivity contribution in [2.75, 3.05) is 6.61 Å². The largest absolute Gasteiger partial charge is 0.396 e. The van der Waals surface area contributed by atoms with Crippen molar-refractivity contribution in [2.45, 2.75) is 6.42 Å². The van der Waals surface area contributed by atoms with Crippen molar-refractivity contribution in [1.82, 2.24) is 4.98 Å².